The molecule has 0 saturated carbocycles. The van der Waals surface area contributed by atoms with Crippen molar-refractivity contribution in [1.29, 1.82) is 0 Å². The average molecular weight is 294 g/mol. The second-order valence-electron chi connectivity index (χ2n) is 3.76. The number of ether oxygens (including phenoxy) is 5. The van der Waals surface area contributed by atoms with Crippen LogP contribution in [0, 0.1) is 0 Å². The largest absolute Gasteiger partial charge is 0.382 e. The lowest BCUT2D eigenvalue weighted by Crippen LogP contribution is -2.30. The standard InChI is InChI=1S/C12H26N2O6/c1-16-4-5-18-8-9-20-11-10-19-7-6-17-3-2-12(15)14-13/h2-11,13H2,1H3,(H,14,15). The van der Waals surface area contributed by atoms with Crippen LogP contribution in [0.2, 0.25) is 0 Å². The smallest absolute Gasteiger partial charge is 0.236 e. The number of carbonyl (C=O) groups is 1. The molecular formula is C12H26N2O6. The molecule has 0 aromatic heterocycles. The van der Waals surface area contributed by atoms with Crippen molar-refractivity contribution in [1.82, 2.24) is 5.43 Å². The third-order valence-electron chi connectivity index (χ3n) is 2.18. The third kappa shape index (κ3) is 15.3. The quantitative estimate of drug-likeness (QED) is 0.174. The maximum absolute atomic E-state index is 10.7. The number of carbonyl (C=O) groups excluding carboxylic acids is 1. The van der Waals surface area contributed by atoms with Crippen molar-refractivity contribution >= 4 is 5.91 Å². The lowest BCUT2D eigenvalue weighted by atomic mass is 10.4. The van der Waals surface area contributed by atoms with Gasteiger partial charge in [0.1, 0.15) is 0 Å². The number of rotatable bonds is 15. The number of methoxy groups -OCH3 is 1. The molecule has 0 aliphatic rings. The normalized spacial score (nSPS) is 10.7. The molecule has 3 N–H and O–H groups in total. The first-order chi connectivity index (χ1) is 9.81. The fraction of sp³-hybridized carbons (Fsp3) is 0.917. The average Bonchev–Trinajstić information content (AvgIpc) is 2.47. The SMILES string of the molecule is COCCOCCOCCOCCOCCC(=O)NN. The second kappa shape index (κ2) is 16.3. The zero-order valence-corrected chi connectivity index (χ0v) is 12.1. The van der Waals surface area contributed by atoms with Gasteiger partial charge in [0.2, 0.25) is 5.91 Å². The fourth-order valence-corrected chi connectivity index (χ4v) is 1.14. The van der Waals surface area contributed by atoms with Crippen LogP contribution < -0.4 is 11.3 Å². The summed E-state index contributed by atoms with van der Waals surface area (Å²) < 4.78 is 25.8. The van der Waals surface area contributed by atoms with Crippen LogP contribution in [0.5, 0.6) is 0 Å². The zero-order valence-electron chi connectivity index (χ0n) is 12.1. The van der Waals surface area contributed by atoms with Crippen LogP contribution in [0.25, 0.3) is 0 Å². The molecule has 20 heavy (non-hydrogen) atoms. The van der Waals surface area contributed by atoms with E-state index >= 15 is 0 Å². The Kier molecular flexibility index (Phi) is 15.7. The van der Waals surface area contributed by atoms with Gasteiger partial charge in [0.05, 0.1) is 65.9 Å². The Morgan fingerprint density at radius 1 is 0.800 bits per heavy atom. The van der Waals surface area contributed by atoms with Crippen LogP contribution >= 0.6 is 0 Å². The maximum atomic E-state index is 10.7. The molecule has 1 amide bonds. The molecule has 8 heteroatoms. The Labute approximate surface area is 119 Å². The summed E-state index contributed by atoms with van der Waals surface area (Å²) in [5.74, 6) is 4.67. The van der Waals surface area contributed by atoms with E-state index in [1.165, 1.54) is 0 Å². The molecule has 0 unspecified atom stereocenters. The topological polar surface area (TPSA) is 101 Å². The summed E-state index contributed by atoms with van der Waals surface area (Å²) in [5, 5.41) is 0. The second-order valence-corrected chi connectivity index (χ2v) is 3.76. The minimum atomic E-state index is -0.243. The van der Waals surface area contributed by atoms with Crippen molar-refractivity contribution in [2.24, 2.45) is 5.84 Å². The highest BCUT2D eigenvalue weighted by Gasteiger charge is 1.97. The maximum Gasteiger partial charge on any atom is 0.236 e. The molecule has 0 aromatic carbocycles. The molecule has 0 aliphatic heterocycles. The van der Waals surface area contributed by atoms with Gasteiger partial charge in [-0.05, 0) is 0 Å². The van der Waals surface area contributed by atoms with Gasteiger partial charge in [0.25, 0.3) is 0 Å². The van der Waals surface area contributed by atoms with E-state index in [-0.39, 0.29) is 12.3 Å². The molecule has 0 saturated heterocycles. The first-order valence-corrected chi connectivity index (χ1v) is 6.60. The van der Waals surface area contributed by atoms with Gasteiger partial charge in [-0.2, -0.15) is 0 Å². The number of hydrogen-bond acceptors (Lipinski definition) is 7. The van der Waals surface area contributed by atoms with E-state index in [1.54, 1.807) is 7.11 Å². The van der Waals surface area contributed by atoms with Gasteiger partial charge < -0.3 is 23.7 Å². The Morgan fingerprint density at radius 3 is 1.60 bits per heavy atom. The van der Waals surface area contributed by atoms with Gasteiger partial charge in [-0.3, -0.25) is 10.2 Å². The molecular weight excluding hydrogens is 268 g/mol. The van der Waals surface area contributed by atoms with E-state index < -0.39 is 0 Å². The van der Waals surface area contributed by atoms with Crippen LogP contribution in [-0.4, -0.2) is 72.5 Å². The minimum Gasteiger partial charge on any atom is -0.382 e. The predicted octanol–water partition coefficient (Wildman–Crippen LogP) is -0.921. The summed E-state index contributed by atoms with van der Waals surface area (Å²) in [7, 11) is 1.63. The highest BCUT2D eigenvalue weighted by atomic mass is 16.6. The van der Waals surface area contributed by atoms with Crippen molar-refractivity contribution in [3.63, 3.8) is 0 Å². The van der Waals surface area contributed by atoms with E-state index in [1.807, 2.05) is 5.43 Å². The number of hydrazine groups is 1. The Hall–Kier alpha value is -0.770. The fourth-order valence-electron chi connectivity index (χ4n) is 1.14. The van der Waals surface area contributed by atoms with Gasteiger partial charge in [-0.1, -0.05) is 0 Å². The molecule has 0 aromatic rings. The Morgan fingerprint density at radius 2 is 1.20 bits per heavy atom. The van der Waals surface area contributed by atoms with Gasteiger partial charge in [-0.15, -0.1) is 0 Å². The van der Waals surface area contributed by atoms with Crippen LogP contribution in [-0.2, 0) is 28.5 Å². The van der Waals surface area contributed by atoms with Crippen molar-refractivity contribution in [2.75, 3.05) is 66.6 Å². The highest BCUT2D eigenvalue weighted by molar-refractivity contribution is 5.75. The molecule has 0 heterocycles. The molecule has 0 radical (unpaired) electrons. The minimum absolute atomic E-state index is 0.243. The van der Waals surface area contributed by atoms with Crippen LogP contribution in [0.3, 0.4) is 0 Å². The summed E-state index contributed by atoms with van der Waals surface area (Å²) in [6.45, 7) is 4.53. The molecule has 0 aliphatic carbocycles. The molecule has 120 valence electrons. The van der Waals surface area contributed by atoms with E-state index in [0.717, 1.165) is 0 Å². The van der Waals surface area contributed by atoms with Gasteiger partial charge in [-0.25, -0.2) is 5.84 Å². The molecule has 0 bridgehead atoms. The van der Waals surface area contributed by atoms with Gasteiger partial charge in [0, 0.05) is 7.11 Å². The molecule has 0 spiro atoms. The van der Waals surface area contributed by atoms with Crippen LogP contribution in [0.4, 0.5) is 0 Å². The summed E-state index contributed by atoms with van der Waals surface area (Å²) in [5.41, 5.74) is 2.03. The zero-order chi connectivity index (χ0) is 14.9. The lowest BCUT2D eigenvalue weighted by molar-refractivity contribution is -0.122. The lowest BCUT2D eigenvalue weighted by Gasteiger charge is -2.07. The number of nitrogens with one attached hydrogen (secondary N) is 1. The van der Waals surface area contributed by atoms with Crippen molar-refractivity contribution in [2.45, 2.75) is 6.42 Å². The summed E-state index contributed by atoms with van der Waals surface area (Å²) in [6.07, 6.45) is 0.253. The van der Waals surface area contributed by atoms with Crippen LogP contribution in [0.1, 0.15) is 6.42 Å². The first kappa shape index (κ1) is 19.2. The Bertz CT molecular complexity index is 218. The summed E-state index contributed by atoms with van der Waals surface area (Å²) >= 11 is 0. The highest BCUT2D eigenvalue weighted by Crippen LogP contribution is 1.85. The number of amides is 1. The molecule has 0 rings (SSSR count). The van der Waals surface area contributed by atoms with Gasteiger partial charge >= 0.3 is 0 Å². The van der Waals surface area contributed by atoms with E-state index in [4.69, 9.17) is 29.5 Å². The molecule has 0 fully saturated rings. The van der Waals surface area contributed by atoms with Crippen molar-refractivity contribution < 1.29 is 28.5 Å². The first-order valence-electron chi connectivity index (χ1n) is 6.60. The molecule has 0 atom stereocenters. The van der Waals surface area contributed by atoms with Gasteiger partial charge in [0.15, 0.2) is 0 Å². The summed E-state index contributed by atoms with van der Waals surface area (Å²) in [4.78, 5) is 10.7. The van der Waals surface area contributed by atoms with Crippen molar-refractivity contribution in [3.8, 4) is 0 Å². The molecule has 8 nitrogen and oxygen atoms in total. The predicted molar refractivity (Wildman–Crippen MR) is 72.1 cm³/mol. The summed E-state index contributed by atoms with van der Waals surface area (Å²) in [6, 6.07) is 0. The van der Waals surface area contributed by atoms with Crippen molar-refractivity contribution in [3.05, 3.63) is 0 Å². The van der Waals surface area contributed by atoms with E-state index in [0.29, 0.717) is 59.5 Å². The number of hydrogen-bond donors (Lipinski definition) is 2. The number of nitrogens with two attached hydrogens (primary N) is 1. The van der Waals surface area contributed by atoms with Crippen LogP contribution in [0.15, 0.2) is 0 Å². The van der Waals surface area contributed by atoms with E-state index in [2.05, 4.69) is 0 Å². The third-order valence-corrected chi connectivity index (χ3v) is 2.18. The van der Waals surface area contributed by atoms with E-state index in [9.17, 15) is 4.79 Å². The monoisotopic (exact) mass is 294 g/mol. The Balaban J connectivity index is 2.97.